The second-order valence-corrected chi connectivity index (χ2v) is 20.1. The average molecular weight is 906 g/mol. The topological polar surface area (TPSA) is 24.7 Å². The van der Waals surface area contributed by atoms with Crippen LogP contribution in [0.3, 0.4) is 0 Å². The maximum absolute atomic E-state index is 5.48. The minimum Gasteiger partial charge on any atom is -0.251 e. The molecule has 2 aromatic carbocycles. The van der Waals surface area contributed by atoms with E-state index in [1.54, 1.807) is 0 Å². The van der Waals surface area contributed by atoms with Crippen molar-refractivity contribution in [1.29, 1.82) is 0 Å². The first kappa shape index (κ1) is 59.4. The van der Waals surface area contributed by atoms with E-state index >= 15 is 0 Å². The molecule has 374 valence electrons. The third-order valence-corrected chi connectivity index (χ3v) is 13.8. The first-order chi connectivity index (χ1) is 32.7. The van der Waals surface area contributed by atoms with Crippen LogP contribution in [0.25, 0.3) is 0 Å². The molecule has 0 spiro atoms. The summed E-state index contributed by atoms with van der Waals surface area (Å²) in [5, 5.41) is 0. The van der Waals surface area contributed by atoms with E-state index in [4.69, 9.17) is 9.98 Å². The summed E-state index contributed by atoms with van der Waals surface area (Å²) >= 11 is 0. The number of hydrogen-bond acceptors (Lipinski definition) is 2. The van der Waals surface area contributed by atoms with Crippen LogP contribution in [0.2, 0.25) is 0 Å². The molecule has 0 bridgehead atoms. The van der Waals surface area contributed by atoms with Crippen molar-refractivity contribution in [2.24, 2.45) is 9.98 Å². The smallest absolute Gasteiger partial charge is 0.0665 e. The van der Waals surface area contributed by atoms with E-state index < -0.39 is 0 Å². The molecule has 0 saturated heterocycles. The molecule has 2 nitrogen and oxygen atoms in total. The van der Waals surface area contributed by atoms with Crippen LogP contribution in [0.15, 0.2) is 82.8 Å². The lowest BCUT2D eigenvalue weighted by Gasteiger charge is -2.14. The Hall–Kier alpha value is -2.74. The van der Waals surface area contributed by atoms with Gasteiger partial charge in [-0.25, -0.2) is 0 Å². The number of nitrogens with zero attached hydrogens (tertiary/aromatic N) is 2. The van der Waals surface area contributed by atoms with Gasteiger partial charge in [0, 0.05) is 0 Å². The summed E-state index contributed by atoms with van der Waals surface area (Å²) in [5.41, 5.74) is 7.37. The van der Waals surface area contributed by atoms with Gasteiger partial charge in [-0.05, 0) is 100 Å². The minimum atomic E-state index is 0.983. The van der Waals surface area contributed by atoms with Crippen LogP contribution in [0.4, 0.5) is 11.4 Å². The number of rotatable bonds is 47. The van der Waals surface area contributed by atoms with Crippen LogP contribution in [0, 0.1) is 0 Å². The monoisotopic (exact) mass is 905 g/mol. The van der Waals surface area contributed by atoms with Gasteiger partial charge >= 0.3 is 0 Å². The van der Waals surface area contributed by atoms with E-state index in [9.17, 15) is 0 Å². The predicted octanol–water partition coefficient (Wildman–Crippen LogP) is 22.4. The predicted molar refractivity (Wildman–Crippen MR) is 300 cm³/mol. The third kappa shape index (κ3) is 33.7. The Bertz CT molecular complexity index is 1370. The molecule has 0 atom stereocenters. The molecule has 0 N–H and O–H groups in total. The van der Waals surface area contributed by atoms with Crippen molar-refractivity contribution in [1.82, 2.24) is 0 Å². The van der Waals surface area contributed by atoms with E-state index in [0.717, 1.165) is 75.6 Å². The Morgan fingerprint density at radius 2 is 0.561 bits per heavy atom. The lowest BCUT2D eigenvalue weighted by Crippen LogP contribution is -2.14. The van der Waals surface area contributed by atoms with Crippen molar-refractivity contribution < 1.29 is 0 Å². The number of para-hydroxylation sites is 2. The average Bonchev–Trinajstić information content (AvgIpc) is 3.34. The largest absolute Gasteiger partial charge is 0.251 e. The molecular weight excluding hydrogens is 797 g/mol. The Morgan fingerprint density at radius 3 is 0.864 bits per heavy atom. The first-order valence-corrected chi connectivity index (χ1v) is 29.3. The standard InChI is InChI=1S/C64H108N2/c1-5-9-13-15-17-19-21-23-25-27-29-31-33-35-37-39-41-43-45-51-59-53-47-49-57-61(59)65-63(55-11-7-3)64(56-12-8-4)66-62-58-50-48-54-60(62)52-46-44-42-40-38-36-34-32-30-28-26-24-22-20-18-16-14-10-6-2/h41-44,47-50,53-54,57-58H,5-40,45-46,51-52,55-56H2,1-4H3. The Balaban J connectivity index is 1.80. The molecule has 66 heavy (non-hydrogen) atoms. The normalized spacial score (nSPS) is 12.4. The van der Waals surface area contributed by atoms with Crippen LogP contribution < -0.4 is 0 Å². The van der Waals surface area contributed by atoms with Crippen molar-refractivity contribution >= 4 is 22.8 Å². The van der Waals surface area contributed by atoms with Gasteiger partial charge in [0.2, 0.25) is 0 Å². The molecule has 0 aliphatic carbocycles. The molecule has 0 aliphatic heterocycles. The molecule has 0 aliphatic rings. The number of unbranched alkanes of at least 4 members (excludes halogenated alkanes) is 32. The summed E-state index contributed by atoms with van der Waals surface area (Å²) in [6.07, 6.45) is 65.7. The number of aliphatic imine (C=N–C) groups is 2. The third-order valence-electron chi connectivity index (χ3n) is 13.8. The van der Waals surface area contributed by atoms with E-state index in [0.29, 0.717) is 0 Å². The van der Waals surface area contributed by atoms with Gasteiger partial charge in [0.25, 0.3) is 0 Å². The number of allylic oxidation sites excluding steroid dienone is 4. The highest BCUT2D eigenvalue weighted by molar-refractivity contribution is 6.43. The van der Waals surface area contributed by atoms with Gasteiger partial charge < -0.3 is 0 Å². The molecule has 0 radical (unpaired) electrons. The summed E-state index contributed by atoms with van der Waals surface area (Å²) in [6.45, 7) is 9.20. The Labute approximate surface area is 412 Å². The molecule has 0 unspecified atom stereocenters. The van der Waals surface area contributed by atoms with Crippen molar-refractivity contribution in [2.75, 3.05) is 0 Å². The van der Waals surface area contributed by atoms with E-state index in [1.165, 1.54) is 228 Å². The van der Waals surface area contributed by atoms with Gasteiger partial charge in [-0.3, -0.25) is 9.98 Å². The van der Waals surface area contributed by atoms with E-state index in [2.05, 4.69) is 101 Å². The molecular formula is C64H108N2. The molecule has 0 fully saturated rings. The quantitative estimate of drug-likeness (QED) is 0.0359. The Morgan fingerprint density at radius 1 is 0.303 bits per heavy atom. The van der Waals surface area contributed by atoms with Crippen LogP contribution in [0.1, 0.15) is 296 Å². The van der Waals surface area contributed by atoms with E-state index in [-0.39, 0.29) is 0 Å². The number of hydrogen-bond donors (Lipinski definition) is 0. The van der Waals surface area contributed by atoms with Gasteiger partial charge in [0.15, 0.2) is 0 Å². The van der Waals surface area contributed by atoms with Crippen LogP contribution in [-0.4, -0.2) is 11.4 Å². The lowest BCUT2D eigenvalue weighted by atomic mass is 10.0. The Kier molecular flexibility index (Phi) is 41.4. The molecule has 2 heteroatoms. The van der Waals surface area contributed by atoms with Crippen molar-refractivity contribution in [3.63, 3.8) is 0 Å². The van der Waals surface area contributed by atoms with Gasteiger partial charge in [-0.2, -0.15) is 0 Å². The van der Waals surface area contributed by atoms with Crippen molar-refractivity contribution in [2.45, 2.75) is 297 Å². The van der Waals surface area contributed by atoms with Gasteiger partial charge in [-0.15, -0.1) is 0 Å². The highest BCUT2D eigenvalue weighted by atomic mass is 14.8. The zero-order valence-electron chi connectivity index (χ0n) is 44.5. The van der Waals surface area contributed by atoms with Crippen LogP contribution in [-0.2, 0) is 12.8 Å². The zero-order chi connectivity index (χ0) is 47.1. The summed E-state index contributed by atoms with van der Waals surface area (Å²) in [6, 6.07) is 17.8. The van der Waals surface area contributed by atoms with E-state index in [1.807, 2.05) is 0 Å². The fraction of sp³-hybridized carbons (Fsp3) is 0.719. The fourth-order valence-corrected chi connectivity index (χ4v) is 9.39. The number of aryl methyl sites for hydroxylation is 2. The van der Waals surface area contributed by atoms with Gasteiger partial charge in [0.05, 0.1) is 22.8 Å². The lowest BCUT2D eigenvalue weighted by molar-refractivity contribution is 0.533. The maximum atomic E-state index is 5.48. The molecule has 0 saturated carbocycles. The highest BCUT2D eigenvalue weighted by Gasteiger charge is 2.13. The molecule has 2 rings (SSSR count). The van der Waals surface area contributed by atoms with Gasteiger partial charge in [-0.1, -0.05) is 281 Å². The zero-order valence-corrected chi connectivity index (χ0v) is 44.5. The first-order valence-electron chi connectivity index (χ1n) is 29.3. The fourth-order valence-electron chi connectivity index (χ4n) is 9.39. The molecule has 0 amide bonds. The maximum Gasteiger partial charge on any atom is 0.0665 e. The number of benzene rings is 2. The highest BCUT2D eigenvalue weighted by Crippen LogP contribution is 2.26. The summed E-state index contributed by atoms with van der Waals surface area (Å²) in [7, 11) is 0. The van der Waals surface area contributed by atoms with Crippen LogP contribution >= 0.6 is 0 Å². The molecule has 2 aromatic rings. The summed E-state index contributed by atoms with van der Waals surface area (Å²) < 4.78 is 0. The SMILES string of the molecule is CCCCCCCCCCCCCCCCCC=CCCc1ccccc1N=C(CCCC)C(CCCC)=Nc1ccccc1CCC=CCCCCCCCCCCCCCCCCC. The minimum absolute atomic E-state index is 0.983. The van der Waals surface area contributed by atoms with Gasteiger partial charge in [0.1, 0.15) is 0 Å². The van der Waals surface area contributed by atoms with Crippen LogP contribution in [0.5, 0.6) is 0 Å². The second-order valence-electron chi connectivity index (χ2n) is 20.1. The molecule has 0 heterocycles. The molecule has 0 aromatic heterocycles. The second kappa shape index (κ2) is 46.0. The van der Waals surface area contributed by atoms with Crippen molar-refractivity contribution in [3.05, 3.63) is 84.0 Å². The summed E-state index contributed by atoms with van der Waals surface area (Å²) in [4.78, 5) is 11.0. The van der Waals surface area contributed by atoms with Crippen molar-refractivity contribution in [3.8, 4) is 0 Å². The summed E-state index contributed by atoms with van der Waals surface area (Å²) in [5.74, 6) is 0.